The molecule has 5 nitrogen and oxygen atoms in total. The van der Waals surface area contributed by atoms with E-state index in [9.17, 15) is 9.59 Å². The van der Waals surface area contributed by atoms with Crippen LogP contribution in [0.15, 0.2) is 52.9 Å². The zero-order valence-electron chi connectivity index (χ0n) is 13.5. The maximum atomic E-state index is 12.5. The molecule has 5 heteroatoms. The number of rotatable bonds is 3. The summed E-state index contributed by atoms with van der Waals surface area (Å²) in [5, 5.41) is 0. The number of aliphatic imine (C=N–C) groups is 1. The molecular weight excluding hydrogens is 306 g/mol. The molecular formula is C19H17NO4. The third kappa shape index (κ3) is 1.67. The molecule has 4 rings (SSSR count). The zero-order chi connectivity index (χ0) is 16.9. The summed E-state index contributed by atoms with van der Waals surface area (Å²) in [6, 6.07) is 7.76. The van der Waals surface area contributed by atoms with Crippen molar-refractivity contribution in [3.63, 3.8) is 0 Å². The summed E-state index contributed by atoms with van der Waals surface area (Å²) in [6.07, 6.45) is 4.13. The van der Waals surface area contributed by atoms with Crippen molar-refractivity contribution >= 4 is 18.0 Å². The van der Waals surface area contributed by atoms with Crippen LogP contribution in [0, 0.1) is 11.8 Å². The van der Waals surface area contributed by atoms with Crippen molar-refractivity contribution in [2.75, 3.05) is 6.61 Å². The minimum atomic E-state index is -0.641. The van der Waals surface area contributed by atoms with Gasteiger partial charge >= 0.3 is 5.97 Å². The fourth-order valence-corrected chi connectivity index (χ4v) is 4.16. The van der Waals surface area contributed by atoms with Crippen LogP contribution in [0.25, 0.3) is 0 Å². The normalized spacial score (nSPS) is 29.3. The van der Waals surface area contributed by atoms with E-state index >= 15 is 0 Å². The fourth-order valence-electron chi connectivity index (χ4n) is 4.16. The Bertz CT molecular complexity index is 836. The van der Waals surface area contributed by atoms with E-state index in [1.807, 2.05) is 31.2 Å². The van der Waals surface area contributed by atoms with Gasteiger partial charge in [0.2, 0.25) is 0 Å². The molecule has 3 aliphatic rings. The van der Waals surface area contributed by atoms with Crippen molar-refractivity contribution in [3.05, 3.63) is 53.4 Å². The first-order valence-electron chi connectivity index (χ1n) is 8.04. The van der Waals surface area contributed by atoms with Gasteiger partial charge in [-0.15, -0.1) is 0 Å². The lowest BCUT2D eigenvalue weighted by Gasteiger charge is -2.40. The molecule has 0 bridgehead atoms. The van der Waals surface area contributed by atoms with Crippen LogP contribution in [-0.4, -0.2) is 24.6 Å². The Morgan fingerprint density at radius 1 is 1.42 bits per heavy atom. The van der Waals surface area contributed by atoms with E-state index in [4.69, 9.17) is 9.47 Å². The summed E-state index contributed by atoms with van der Waals surface area (Å²) >= 11 is 0. The molecule has 1 aliphatic carbocycles. The number of ether oxygens (including phenoxy) is 2. The molecule has 0 fully saturated rings. The van der Waals surface area contributed by atoms with E-state index in [-0.39, 0.29) is 18.5 Å². The van der Waals surface area contributed by atoms with Gasteiger partial charge in [-0.05, 0) is 25.0 Å². The molecule has 3 atom stereocenters. The van der Waals surface area contributed by atoms with Crippen molar-refractivity contribution in [2.24, 2.45) is 16.8 Å². The van der Waals surface area contributed by atoms with Crippen LogP contribution >= 0.6 is 0 Å². The monoisotopic (exact) mass is 323 g/mol. The quantitative estimate of drug-likeness (QED) is 0.633. The third-order valence-corrected chi connectivity index (χ3v) is 5.17. The number of hydrogen-bond acceptors (Lipinski definition) is 5. The Morgan fingerprint density at radius 2 is 2.21 bits per heavy atom. The highest BCUT2D eigenvalue weighted by Crippen LogP contribution is 2.57. The van der Waals surface area contributed by atoms with Gasteiger partial charge in [0.05, 0.1) is 24.4 Å². The number of carbonyl (C=O) groups excluding carboxylic acids is 2. The Morgan fingerprint density at radius 3 is 2.96 bits per heavy atom. The van der Waals surface area contributed by atoms with E-state index in [0.29, 0.717) is 11.3 Å². The zero-order valence-corrected chi connectivity index (χ0v) is 13.5. The van der Waals surface area contributed by atoms with Crippen molar-refractivity contribution in [1.82, 2.24) is 0 Å². The molecule has 0 saturated carbocycles. The molecule has 122 valence electrons. The van der Waals surface area contributed by atoms with Crippen LogP contribution in [0.4, 0.5) is 0 Å². The second kappa shape index (κ2) is 5.16. The average molecular weight is 323 g/mol. The third-order valence-electron chi connectivity index (χ3n) is 5.17. The summed E-state index contributed by atoms with van der Waals surface area (Å²) in [7, 11) is 0. The summed E-state index contributed by atoms with van der Waals surface area (Å²) in [6.45, 7) is 3.99. The van der Waals surface area contributed by atoms with Gasteiger partial charge in [0.1, 0.15) is 23.2 Å². The highest BCUT2D eigenvalue weighted by molar-refractivity contribution is 6.14. The Hall–Kier alpha value is -2.69. The number of benzene rings is 1. The first-order chi connectivity index (χ1) is 11.6. The number of hydrogen-bond donors (Lipinski definition) is 0. The Labute approximate surface area is 139 Å². The molecule has 1 aromatic rings. The first-order valence-corrected chi connectivity index (χ1v) is 8.04. The van der Waals surface area contributed by atoms with E-state index in [1.54, 1.807) is 19.2 Å². The van der Waals surface area contributed by atoms with Crippen molar-refractivity contribution in [3.8, 4) is 5.75 Å². The highest BCUT2D eigenvalue weighted by atomic mass is 16.5. The molecule has 2 aliphatic heterocycles. The van der Waals surface area contributed by atoms with Crippen LogP contribution < -0.4 is 4.74 Å². The summed E-state index contributed by atoms with van der Waals surface area (Å²) in [5.41, 5.74) is 1.51. The lowest BCUT2D eigenvalue weighted by Crippen LogP contribution is -2.49. The van der Waals surface area contributed by atoms with Crippen LogP contribution in [0.1, 0.15) is 19.4 Å². The topological polar surface area (TPSA) is 65.0 Å². The minimum absolute atomic E-state index is 0.238. The van der Waals surface area contributed by atoms with E-state index < -0.39 is 11.3 Å². The smallest absolute Gasteiger partial charge is 0.313 e. The summed E-state index contributed by atoms with van der Waals surface area (Å²) in [4.78, 5) is 28.6. The maximum absolute atomic E-state index is 12.5. The number of para-hydroxylation sites is 1. The molecule has 0 N–H and O–H groups in total. The predicted molar refractivity (Wildman–Crippen MR) is 87.7 cm³/mol. The number of nitrogens with zero attached hydrogens (tertiary/aromatic N) is 1. The lowest BCUT2D eigenvalue weighted by molar-refractivity contribution is -0.149. The number of esters is 1. The van der Waals surface area contributed by atoms with Crippen molar-refractivity contribution < 1.29 is 19.1 Å². The van der Waals surface area contributed by atoms with Gasteiger partial charge in [0, 0.05) is 11.1 Å². The number of carbonyl (C=O) groups is 2. The van der Waals surface area contributed by atoms with E-state index in [1.165, 1.54) is 0 Å². The second-order valence-corrected chi connectivity index (χ2v) is 6.19. The summed E-state index contributed by atoms with van der Waals surface area (Å²) in [5.74, 6) is 0.221. The second-order valence-electron chi connectivity index (χ2n) is 6.19. The number of aldehydes is 1. The van der Waals surface area contributed by atoms with Gasteiger partial charge in [-0.2, -0.15) is 0 Å². The molecule has 0 radical (unpaired) electrons. The standard InChI is InChI=1S/C19H17NO4/c1-3-23-18(22)17-11(2)19-13-6-4-5-7-14(13)24-16(19)9-20-15(19)8-12(17)10-21/h4-11,17H,3H2,1-2H3. The van der Waals surface area contributed by atoms with Crippen LogP contribution in [0.3, 0.4) is 0 Å². The average Bonchev–Trinajstić information content (AvgIpc) is 3.09. The largest absolute Gasteiger partial charge is 0.466 e. The SMILES string of the molecule is CCOC(=O)C1C(C=O)=CC2=NC=C3Oc4ccccc4C32C1C. The van der Waals surface area contributed by atoms with Gasteiger partial charge in [-0.25, -0.2) is 0 Å². The van der Waals surface area contributed by atoms with E-state index in [2.05, 4.69) is 4.99 Å². The Balaban J connectivity index is 1.92. The number of allylic oxidation sites excluding steroid dienone is 2. The first kappa shape index (κ1) is 14.9. The molecule has 1 aromatic carbocycles. The van der Waals surface area contributed by atoms with Gasteiger partial charge in [-0.3, -0.25) is 14.6 Å². The molecule has 0 amide bonds. The van der Waals surface area contributed by atoms with Crippen LogP contribution in [0.2, 0.25) is 0 Å². The molecule has 3 unspecified atom stereocenters. The fraction of sp³-hybridized carbons (Fsp3) is 0.316. The van der Waals surface area contributed by atoms with Crippen LogP contribution in [-0.2, 0) is 19.7 Å². The Kier molecular flexibility index (Phi) is 3.20. The molecule has 1 spiro atoms. The van der Waals surface area contributed by atoms with Gasteiger partial charge < -0.3 is 9.47 Å². The molecule has 24 heavy (non-hydrogen) atoms. The minimum Gasteiger partial charge on any atom is -0.466 e. The summed E-state index contributed by atoms with van der Waals surface area (Å²) < 4.78 is 11.2. The molecule has 0 saturated heterocycles. The molecule has 0 aromatic heterocycles. The highest BCUT2D eigenvalue weighted by Gasteiger charge is 2.60. The maximum Gasteiger partial charge on any atom is 0.313 e. The van der Waals surface area contributed by atoms with Crippen LogP contribution in [0.5, 0.6) is 5.75 Å². The van der Waals surface area contributed by atoms with E-state index in [0.717, 1.165) is 23.3 Å². The van der Waals surface area contributed by atoms with Gasteiger partial charge in [-0.1, -0.05) is 25.1 Å². The molecule has 2 heterocycles. The van der Waals surface area contributed by atoms with Gasteiger partial charge in [0.25, 0.3) is 0 Å². The lowest BCUT2D eigenvalue weighted by atomic mass is 9.59. The predicted octanol–water partition coefficient (Wildman–Crippen LogP) is 2.57. The van der Waals surface area contributed by atoms with Gasteiger partial charge in [0.15, 0.2) is 0 Å². The van der Waals surface area contributed by atoms with Crippen molar-refractivity contribution in [2.45, 2.75) is 19.3 Å². The van der Waals surface area contributed by atoms with Crippen molar-refractivity contribution in [1.29, 1.82) is 0 Å². The number of fused-ring (bicyclic) bond motifs is 1.